The largest absolute Gasteiger partial charge is 0.478 e. The van der Waals surface area contributed by atoms with Gasteiger partial charge < -0.3 is 19.5 Å². The van der Waals surface area contributed by atoms with Crippen molar-refractivity contribution >= 4 is 12.1 Å². The Morgan fingerprint density at radius 2 is 1.63 bits per heavy atom. The molecule has 2 aromatic rings. The number of carboxylic acids is 1. The van der Waals surface area contributed by atoms with E-state index in [1.54, 1.807) is 42.6 Å². The number of aromatic nitrogens is 1. The summed E-state index contributed by atoms with van der Waals surface area (Å²) in [5.74, 6) is -0.895. The Morgan fingerprint density at radius 3 is 2.16 bits per heavy atom. The molecule has 2 heterocycles. The van der Waals surface area contributed by atoms with Crippen LogP contribution in [-0.4, -0.2) is 82.2 Å². The summed E-state index contributed by atoms with van der Waals surface area (Å²) in [7, 11) is 0. The lowest BCUT2D eigenvalue weighted by Gasteiger charge is -2.35. The molecule has 1 saturated heterocycles. The molecular weight excluding hydrogens is 524 g/mol. The fraction of sp³-hybridized carbons (Fsp3) is 0.458. The van der Waals surface area contributed by atoms with Crippen LogP contribution < -0.4 is 4.74 Å². The fourth-order valence-electron chi connectivity index (χ4n) is 3.70. The van der Waals surface area contributed by atoms with E-state index < -0.39 is 36.1 Å². The van der Waals surface area contributed by atoms with Crippen molar-refractivity contribution < 1.29 is 50.5 Å². The van der Waals surface area contributed by atoms with Crippen molar-refractivity contribution in [3.63, 3.8) is 0 Å². The summed E-state index contributed by atoms with van der Waals surface area (Å²) in [5.41, 5.74) is 0.512. The molecule has 1 aromatic carbocycles. The molecule has 0 atom stereocenters. The van der Waals surface area contributed by atoms with Crippen LogP contribution in [0.2, 0.25) is 0 Å². The van der Waals surface area contributed by atoms with Gasteiger partial charge in [-0.1, -0.05) is 6.07 Å². The number of benzene rings is 1. The quantitative estimate of drug-likeness (QED) is 0.499. The number of piperazine rings is 1. The third kappa shape index (κ3) is 7.27. The van der Waals surface area contributed by atoms with Gasteiger partial charge in [0, 0.05) is 44.5 Å². The van der Waals surface area contributed by atoms with Crippen molar-refractivity contribution in [1.82, 2.24) is 14.8 Å². The summed E-state index contributed by atoms with van der Waals surface area (Å²) >= 11 is 0. The minimum Gasteiger partial charge on any atom is -0.478 e. The number of halogens is 6. The maximum atomic E-state index is 12.7. The molecular formula is C24H25F6N3O5. The number of ether oxygens (including phenoxy) is 2. The van der Waals surface area contributed by atoms with Crippen LogP contribution in [0.4, 0.5) is 31.1 Å². The second-order valence-electron chi connectivity index (χ2n) is 9.06. The molecule has 0 saturated carbocycles. The maximum absolute atomic E-state index is 12.7. The Kier molecular flexibility index (Phi) is 8.44. The zero-order valence-corrected chi connectivity index (χ0v) is 20.3. The van der Waals surface area contributed by atoms with Crippen LogP contribution in [0.25, 0.3) is 11.3 Å². The Morgan fingerprint density at radius 1 is 1.00 bits per heavy atom. The number of aliphatic carboxylic acids is 1. The van der Waals surface area contributed by atoms with Crippen LogP contribution in [0.1, 0.15) is 19.4 Å². The molecule has 0 unspecified atom stereocenters. The Hall–Kier alpha value is -3.55. The number of hydrogen-bond acceptors (Lipinski definition) is 6. The van der Waals surface area contributed by atoms with Crippen LogP contribution in [0.15, 0.2) is 42.6 Å². The first-order valence-corrected chi connectivity index (χ1v) is 11.4. The van der Waals surface area contributed by atoms with E-state index in [0.29, 0.717) is 16.8 Å². The summed E-state index contributed by atoms with van der Waals surface area (Å²) in [6.07, 6.45) is -15.9. The van der Waals surface area contributed by atoms with E-state index >= 15 is 0 Å². The highest BCUT2D eigenvalue weighted by molar-refractivity contribution is 5.77. The number of carbonyl (C=O) groups excluding carboxylic acids is 1. The van der Waals surface area contributed by atoms with Crippen molar-refractivity contribution in [2.45, 2.75) is 44.4 Å². The number of rotatable bonds is 7. The van der Waals surface area contributed by atoms with E-state index in [9.17, 15) is 41.0 Å². The average molecular weight is 549 g/mol. The molecule has 1 aliphatic heterocycles. The standard InChI is InChI=1S/C24H25F6N3O5/c1-22(2,20(34)35)38-16-6-7-17(18-5-3-4-8-31-18)15(13-16)14-32-9-11-33(12-10-32)21(36)37-19(23(25,26)27)24(28,29)30/h3-8,13,19H,9-12,14H2,1-2H3,(H,34,35). The summed E-state index contributed by atoms with van der Waals surface area (Å²) in [5, 5.41) is 9.37. The van der Waals surface area contributed by atoms with E-state index in [1.165, 1.54) is 13.8 Å². The van der Waals surface area contributed by atoms with E-state index in [1.807, 2.05) is 4.90 Å². The molecule has 0 spiro atoms. The molecule has 1 aromatic heterocycles. The van der Waals surface area contributed by atoms with Gasteiger partial charge in [0.05, 0.1) is 5.69 Å². The fourth-order valence-corrected chi connectivity index (χ4v) is 3.70. The topological polar surface area (TPSA) is 92.2 Å². The first-order valence-electron chi connectivity index (χ1n) is 11.4. The number of carbonyl (C=O) groups is 2. The first-order chi connectivity index (χ1) is 17.6. The van der Waals surface area contributed by atoms with Gasteiger partial charge in [0.25, 0.3) is 6.10 Å². The van der Waals surface area contributed by atoms with Crippen molar-refractivity contribution in [2.75, 3.05) is 26.2 Å². The molecule has 38 heavy (non-hydrogen) atoms. The summed E-state index contributed by atoms with van der Waals surface area (Å²) in [4.78, 5) is 30.5. The second-order valence-corrected chi connectivity index (χ2v) is 9.06. The van der Waals surface area contributed by atoms with Crippen molar-refractivity contribution in [2.24, 2.45) is 0 Å². The van der Waals surface area contributed by atoms with Gasteiger partial charge in [0.2, 0.25) is 0 Å². The predicted molar refractivity (Wildman–Crippen MR) is 121 cm³/mol. The van der Waals surface area contributed by atoms with Gasteiger partial charge in [-0.2, -0.15) is 26.3 Å². The van der Waals surface area contributed by atoms with Gasteiger partial charge in [0.1, 0.15) is 5.75 Å². The van der Waals surface area contributed by atoms with E-state index in [0.717, 1.165) is 4.90 Å². The van der Waals surface area contributed by atoms with Crippen LogP contribution in [-0.2, 0) is 16.1 Å². The minimum atomic E-state index is -5.79. The summed E-state index contributed by atoms with van der Waals surface area (Å²) in [6, 6.07) is 10.2. The highest BCUT2D eigenvalue weighted by atomic mass is 19.4. The predicted octanol–water partition coefficient (Wildman–Crippen LogP) is 4.74. The Bertz CT molecular complexity index is 1120. The number of pyridine rings is 1. The van der Waals surface area contributed by atoms with Gasteiger partial charge in [-0.3, -0.25) is 9.88 Å². The molecule has 1 aliphatic rings. The van der Waals surface area contributed by atoms with Crippen molar-refractivity contribution in [1.29, 1.82) is 0 Å². The second kappa shape index (κ2) is 11.1. The monoisotopic (exact) mass is 549 g/mol. The molecule has 1 N–H and O–H groups in total. The molecule has 208 valence electrons. The minimum absolute atomic E-state index is 0.130. The molecule has 0 bridgehead atoms. The third-order valence-electron chi connectivity index (χ3n) is 5.74. The van der Waals surface area contributed by atoms with Crippen molar-refractivity contribution in [3.8, 4) is 17.0 Å². The molecule has 8 nitrogen and oxygen atoms in total. The number of carboxylic acid groups (broad SMARTS) is 1. The lowest BCUT2D eigenvalue weighted by atomic mass is 10.0. The average Bonchev–Trinajstić information content (AvgIpc) is 2.82. The normalized spacial score (nSPS) is 15.4. The highest BCUT2D eigenvalue weighted by Crippen LogP contribution is 2.36. The molecule has 3 rings (SSSR count). The Balaban J connectivity index is 1.74. The van der Waals surface area contributed by atoms with Crippen LogP contribution in [0, 0.1) is 0 Å². The van der Waals surface area contributed by atoms with Gasteiger partial charge >= 0.3 is 24.4 Å². The SMILES string of the molecule is CC(C)(Oc1ccc(-c2ccccn2)c(CN2CCN(C(=O)OC(C(F)(F)F)C(F)(F)F)CC2)c1)C(=O)O. The number of alkyl halides is 6. The lowest BCUT2D eigenvalue weighted by molar-refractivity contribution is -0.308. The zero-order chi connectivity index (χ0) is 28.3. The van der Waals surface area contributed by atoms with Crippen LogP contribution in [0.3, 0.4) is 0 Å². The zero-order valence-electron chi connectivity index (χ0n) is 20.3. The molecule has 0 aliphatic carbocycles. The first kappa shape index (κ1) is 29.0. The van der Waals surface area contributed by atoms with Crippen LogP contribution in [0.5, 0.6) is 5.75 Å². The Labute approximate surface area is 213 Å². The highest BCUT2D eigenvalue weighted by Gasteiger charge is 2.60. The number of amides is 1. The maximum Gasteiger partial charge on any atom is 0.434 e. The summed E-state index contributed by atoms with van der Waals surface area (Å²) < 4.78 is 85.8. The molecule has 14 heteroatoms. The van der Waals surface area contributed by atoms with E-state index in [4.69, 9.17) is 4.74 Å². The van der Waals surface area contributed by atoms with Crippen molar-refractivity contribution in [3.05, 3.63) is 48.2 Å². The van der Waals surface area contributed by atoms with Gasteiger partial charge in [-0.15, -0.1) is 0 Å². The number of hydrogen-bond donors (Lipinski definition) is 1. The number of nitrogens with zero attached hydrogens (tertiary/aromatic N) is 3. The molecule has 1 fully saturated rings. The third-order valence-corrected chi connectivity index (χ3v) is 5.74. The molecule has 0 radical (unpaired) electrons. The van der Waals surface area contributed by atoms with E-state index in [-0.39, 0.29) is 38.5 Å². The van der Waals surface area contributed by atoms with Gasteiger partial charge in [-0.25, -0.2) is 9.59 Å². The van der Waals surface area contributed by atoms with Crippen LogP contribution >= 0.6 is 0 Å². The molecule has 1 amide bonds. The van der Waals surface area contributed by atoms with Gasteiger partial charge in [-0.05, 0) is 49.7 Å². The van der Waals surface area contributed by atoms with E-state index in [2.05, 4.69) is 9.72 Å². The smallest absolute Gasteiger partial charge is 0.434 e. The van der Waals surface area contributed by atoms with Gasteiger partial charge in [0.15, 0.2) is 5.60 Å². The lowest BCUT2D eigenvalue weighted by Crippen LogP contribution is -2.52. The summed E-state index contributed by atoms with van der Waals surface area (Å²) in [6.45, 7) is 2.97.